The van der Waals surface area contributed by atoms with Gasteiger partial charge in [-0.05, 0) is 25.1 Å². The van der Waals surface area contributed by atoms with Crippen molar-refractivity contribution in [3.05, 3.63) is 62.9 Å². The Labute approximate surface area is 164 Å². The van der Waals surface area contributed by atoms with E-state index in [4.69, 9.17) is 0 Å². The van der Waals surface area contributed by atoms with Gasteiger partial charge in [0.25, 0.3) is 11.6 Å². The number of aryl methyl sites for hydroxylation is 1. The van der Waals surface area contributed by atoms with E-state index in [0.29, 0.717) is 16.9 Å². The second kappa shape index (κ2) is 7.64. The minimum absolute atomic E-state index is 0.00967. The Balaban J connectivity index is 2.19. The Morgan fingerprint density at radius 1 is 1.21 bits per heavy atom. The Bertz CT molecular complexity index is 1260. The standard InChI is InChI=1S/C18H17N3O5S2/c1-3-20-14-11-12(21(23)24)9-10-15(14)27-18(20)19-17(22)13-7-5-6-8-16(13)28(25,26)4-2/h5-11H,3-4H2,1-2H3. The van der Waals surface area contributed by atoms with Crippen LogP contribution in [0.2, 0.25) is 0 Å². The van der Waals surface area contributed by atoms with E-state index in [9.17, 15) is 23.3 Å². The molecular weight excluding hydrogens is 402 g/mol. The Kier molecular flexibility index (Phi) is 5.43. The first-order chi connectivity index (χ1) is 13.3. The largest absolute Gasteiger partial charge is 0.316 e. The van der Waals surface area contributed by atoms with Gasteiger partial charge in [0.2, 0.25) is 0 Å². The second-order valence-electron chi connectivity index (χ2n) is 5.85. The van der Waals surface area contributed by atoms with Crippen molar-refractivity contribution in [3.63, 3.8) is 0 Å². The number of thiazole rings is 1. The lowest BCUT2D eigenvalue weighted by Gasteiger charge is -2.06. The molecule has 8 nitrogen and oxygen atoms in total. The van der Waals surface area contributed by atoms with Crippen LogP contribution in [0.4, 0.5) is 5.69 Å². The molecule has 0 radical (unpaired) electrons. The van der Waals surface area contributed by atoms with Crippen molar-refractivity contribution in [3.8, 4) is 0 Å². The van der Waals surface area contributed by atoms with E-state index >= 15 is 0 Å². The maximum absolute atomic E-state index is 12.8. The van der Waals surface area contributed by atoms with Gasteiger partial charge in [-0.15, -0.1) is 0 Å². The molecule has 0 aliphatic heterocycles. The molecule has 146 valence electrons. The van der Waals surface area contributed by atoms with E-state index in [0.717, 1.165) is 4.70 Å². The number of hydrogen-bond acceptors (Lipinski definition) is 6. The summed E-state index contributed by atoms with van der Waals surface area (Å²) in [6.45, 7) is 3.80. The number of benzene rings is 2. The van der Waals surface area contributed by atoms with Crippen molar-refractivity contribution in [2.45, 2.75) is 25.3 Å². The van der Waals surface area contributed by atoms with Crippen LogP contribution < -0.4 is 4.80 Å². The number of fused-ring (bicyclic) bond motifs is 1. The first kappa shape index (κ1) is 19.9. The van der Waals surface area contributed by atoms with Crippen LogP contribution in [0.3, 0.4) is 0 Å². The van der Waals surface area contributed by atoms with Gasteiger partial charge in [-0.2, -0.15) is 4.99 Å². The van der Waals surface area contributed by atoms with Crippen molar-refractivity contribution < 1.29 is 18.1 Å². The molecule has 0 atom stereocenters. The number of amides is 1. The molecule has 10 heteroatoms. The zero-order valence-electron chi connectivity index (χ0n) is 15.2. The smallest absolute Gasteiger partial charge is 0.280 e. The average Bonchev–Trinajstić information content (AvgIpc) is 3.03. The van der Waals surface area contributed by atoms with E-state index in [2.05, 4.69) is 4.99 Å². The third kappa shape index (κ3) is 3.60. The monoisotopic (exact) mass is 419 g/mol. The van der Waals surface area contributed by atoms with Crippen LogP contribution in [0.1, 0.15) is 24.2 Å². The fourth-order valence-electron chi connectivity index (χ4n) is 2.78. The van der Waals surface area contributed by atoms with Crippen LogP contribution >= 0.6 is 11.3 Å². The lowest BCUT2D eigenvalue weighted by atomic mass is 10.2. The number of rotatable bonds is 5. The van der Waals surface area contributed by atoms with E-state index in [1.165, 1.54) is 42.5 Å². The van der Waals surface area contributed by atoms with E-state index in [1.807, 2.05) is 6.92 Å². The van der Waals surface area contributed by atoms with Gasteiger partial charge in [0, 0.05) is 18.7 Å². The number of carbonyl (C=O) groups excluding carboxylic acids is 1. The third-order valence-corrected chi connectivity index (χ3v) is 7.07. The highest BCUT2D eigenvalue weighted by Gasteiger charge is 2.21. The molecule has 0 fully saturated rings. The summed E-state index contributed by atoms with van der Waals surface area (Å²) < 4.78 is 27.0. The maximum Gasteiger partial charge on any atom is 0.280 e. The van der Waals surface area contributed by atoms with Crippen LogP contribution in [-0.4, -0.2) is 29.6 Å². The zero-order chi connectivity index (χ0) is 20.5. The van der Waals surface area contributed by atoms with Gasteiger partial charge in [0.05, 0.1) is 31.4 Å². The summed E-state index contributed by atoms with van der Waals surface area (Å²) in [6.07, 6.45) is 0. The summed E-state index contributed by atoms with van der Waals surface area (Å²) >= 11 is 1.21. The molecule has 1 heterocycles. The fraction of sp³-hybridized carbons (Fsp3) is 0.222. The molecule has 1 aromatic heterocycles. The third-order valence-electron chi connectivity index (χ3n) is 4.22. The molecule has 0 saturated carbocycles. The molecule has 1 amide bonds. The van der Waals surface area contributed by atoms with E-state index < -0.39 is 20.7 Å². The summed E-state index contributed by atoms with van der Waals surface area (Å²) in [5, 5.41) is 11.0. The van der Waals surface area contributed by atoms with Gasteiger partial charge in [-0.1, -0.05) is 30.4 Å². The minimum Gasteiger partial charge on any atom is -0.316 e. The van der Waals surface area contributed by atoms with Gasteiger partial charge in [0.1, 0.15) is 0 Å². The predicted octanol–water partition coefficient (Wildman–Crippen LogP) is 3.17. The summed E-state index contributed by atoms with van der Waals surface area (Å²) in [7, 11) is -3.58. The van der Waals surface area contributed by atoms with Crippen LogP contribution in [-0.2, 0) is 16.4 Å². The molecule has 3 aromatic rings. The van der Waals surface area contributed by atoms with E-state index in [-0.39, 0.29) is 21.9 Å². The van der Waals surface area contributed by atoms with Crippen molar-refractivity contribution in [1.29, 1.82) is 0 Å². The number of non-ortho nitro benzene ring substituents is 1. The fourth-order valence-corrected chi connectivity index (χ4v) is 4.94. The van der Waals surface area contributed by atoms with Crippen molar-refractivity contribution in [2.75, 3.05) is 5.75 Å². The maximum atomic E-state index is 12.8. The lowest BCUT2D eigenvalue weighted by molar-refractivity contribution is -0.384. The van der Waals surface area contributed by atoms with Gasteiger partial charge >= 0.3 is 0 Å². The highest BCUT2D eigenvalue weighted by molar-refractivity contribution is 7.91. The Morgan fingerprint density at radius 2 is 1.93 bits per heavy atom. The van der Waals surface area contributed by atoms with E-state index in [1.54, 1.807) is 22.8 Å². The molecular formula is C18H17N3O5S2. The van der Waals surface area contributed by atoms with Crippen LogP contribution in [0.25, 0.3) is 10.2 Å². The molecule has 0 aliphatic rings. The SMILES string of the molecule is CCn1c(=NC(=O)c2ccccc2S(=O)(=O)CC)sc2ccc([N+](=O)[O-])cc21. The molecule has 2 aromatic carbocycles. The summed E-state index contributed by atoms with van der Waals surface area (Å²) in [5.41, 5.74) is 0.558. The molecule has 0 saturated heterocycles. The zero-order valence-corrected chi connectivity index (χ0v) is 16.8. The van der Waals surface area contributed by atoms with Gasteiger partial charge < -0.3 is 4.57 Å². The molecule has 0 bridgehead atoms. The first-order valence-corrected chi connectivity index (χ1v) is 10.9. The number of carbonyl (C=O) groups is 1. The molecule has 0 aliphatic carbocycles. The quantitative estimate of drug-likeness (QED) is 0.466. The summed E-state index contributed by atoms with van der Waals surface area (Å²) in [6, 6.07) is 10.4. The topological polar surface area (TPSA) is 112 Å². The molecule has 0 spiro atoms. The first-order valence-electron chi connectivity index (χ1n) is 8.47. The number of hydrogen-bond donors (Lipinski definition) is 0. The number of sulfone groups is 1. The summed E-state index contributed by atoms with van der Waals surface area (Å²) in [5.74, 6) is -0.797. The molecule has 0 unspecified atom stereocenters. The van der Waals surface area contributed by atoms with Crippen molar-refractivity contribution in [1.82, 2.24) is 4.57 Å². The number of nitro groups is 1. The normalized spacial score (nSPS) is 12.4. The second-order valence-corrected chi connectivity index (χ2v) is 9.11. The lowest BCUT2D eigenvalue weighted by Crippen LogP contribution is -2.17. The Morgan fingerprint density at radius 3 is 2.57 bits per heavy atom. The van der Waals surface area contributed by atoms with Crippen molar-refractivity contribution >= 4 is 43.0 Å². The van der Waals surface area contributed by atoms with Crippen molar-refractivity contribution in [2.24, 2.45) is 4.99 Å². The van der Waals surface area contributed by atoms with Gasteiger partial charge in [-0.3, -0.25) is 14.9 Å². The summed E-state index contributed by atoms with van der Waals surface area (Å²) in [4.78, 5) is 27.8. The highest BCUT2D eigenvalue weighted by atomic mass is 32.2. The van der Waals surface area contributed by atoms with Crippen LogP contribution in [0, 0.1) is 10.1 Å². The molecule has 0 N–H and O–H groups in total. The average molecular weight is 419 g/mol. The minimum atomic E-state index is -3.58. The number of nitrogens with zero attached hydrogens (tertiary/aromatic N) is 3. The molecule has 28 heavy (non-hydrogen) atoms. The highest BCUT2D eigenvalue weighted by Crippen LogP contribution is 2.23. The van der Waals surface area contributed by atoms with Crippen LogP contribution in [0.5, 0.6) is 0 Å². The molecule has 3 rings (SSSR count). The predicted molar refractivity (Wildman–Crippen MR) is 106 cm³/mol. The number of aromatic nitrogens is 1. The number of nitro benzene ring substituents is 1. The Hall–Kier alpha value is -2.85. The van der Waals surface area contributed by atoms with Crippen LogP contribution in [0.15, 0.2) is 52.4 Å². The van der Waals surface area contributed by atoms with Gasteiger partial charge in [-0.25, -0.2) is 8.42 Å². The van der Waals surface area contributed by atoms with Gasteiger partial charge in [0.15, 0.2) is 14.6 Å².